The average Bonchev–Trinajstić information content (AvgIpc) is 2.33. The predicted molar refractivity (Wildman–Crippen MR) is 33.9 cm³/mol. The summed E-state index contributed by atoms with van der Waals surface area (Å²) in [6, 6.07) is 0. The van der Waals surface area contributed by atoms with Crippen LogP contribution in [0.2, 0.25) is 0 Å². The Morgan fingerprint density at radius 1 is 1.33 bits per heavy atom. The average molecular weight is 132 g/mol. The number of halogens is 1. The maximum Gasteiger partial charge on any atom is 0.0926 e. The van der Waals surface area contributed by atoms with Gasteiger partial charge in [0.15, 0.2) is 0 Å². The van der Waals surface area contributed by atoms with Gasteiger partial charge in [-0.2, -0.15) is 0 Å². The molecule has 0 aromatic carbocycles. The van der Waals surface area contributed by atoms with Crippen LogP contribution < -0.4 is 0 Å². The van der Waals surface area contributed by atoms with E-state index in [4.69, 9.17) is 5.11 Å². The highest BCUT2D eigenvalue weighted by Crippen LogP contribution is 2.31. The molecule has 0 aromatic heterocycles. The first-order valence-corrected chi connectivity index (χ1v) is 3.55. The van der Waals surface area contributed by atoms with E-state index in [2.05, 4.69) is 0 Å². The zero-order valence-corrected chi connectivity index (χ0v) is 5.52. The zero-order valence-electron chi connectivity index (χ0n) is 5.52. The molecule has 0 bridgehead atoms. The van der Waals surface area contributed by atoms with Gasteiger partial charge in [-0.3, -0.25) is 4.39 Å². The van der Waals surface area contributed by atoms with Crippen LogP contribution in [0.25, 0.3) is 0 Å². The van der Waals surface area contributed by atoms with Crippen molar-refractivity contribution in [3.05, 3.63) is 0 Å². The topological polar surface area (TPSA) is 20.2 Å². The second-order valence-electron chi connectivity index (χ2n) is 2.79. The van der Waals surface area contributed by atoms with Gasteiger partial charge in [-0.05, 0) is 24.7 Å². The first-order valence-electron chi connectivity index (χ1n) is 3.55. The van der Waals surface area contributed by atoms with Crippen molar-refractivity contribution in [1.82, 2.24) is 0 Å². The molecule has 0 aromatic rings. The van der Waals surface area contributed by atoms with E-state index in [0.717, 1.165) is 19.3 Å². The summed E-state index contributed by atoms with van der Waals surface area (Å²) in [7, 11) is 0. The third kappa shape index (κ3) is 1.42. The van der Waals surface area contributed by atoms with Crippen molar-refractivity contribution in [3.8, 4) is 0 Å². The number of aliphatic hydroxyl groups is 1. The van der Waals surface area contributed by atoms with Crippen LogP contribution in [0.1, 0.15) is 19.3 Å². The van der Waals surface area contributed by atoms with Gasteiger partial charge >= 0.3 is 0 Å². The molecule has 2 heteroatoms. The summed E-state index contributed by atoms with van der Waals surface area (Å²) in [6.45, 7) is -0.0696. The lowest BCUT2D eigenvalue weighted by Gasteiger charge is -2.11. The summed E-state index contributed by atoms with van der Waals surface area (Å²) in [6.07, 6.45) is 3.09. The van der Waals surface area contributed by atoms with Gasteiger partial charge in [0.2, 0.25) is 0 Å². The minimum absolute atomic E-state index is 0.162. The Morgan fingerprint density at radius 2 is 2.00 bits per heavy atom. The second-order valence-corrected chi connectivity index (χ2v) is 2.79. The summed E-state index contributed by atoms with van der Waals surface area (Å²) < 4.78 is 12.0. The van der Waals surface area contributed by atoms with E-state index in [1.54, 1.807) is 0 Å². The van der Waals surface area contributed by atoms with Crippen LogP contribution in [-0.2, 0) is 0 Å². The quantitative estimate of drug-likeness (QED) is 0.601. The molecule has 54 valence electrons. The van der Waals surface area contributed by atoms with Crippen molar-refractivity contribution < 1.29 is 9.50 Å². The Morgan fingerprint density at radius 3 is 2.44 bits per heavy atom. The second kappa shape index (κ2) is 3.16. The lowest BCUT2D eigenvalue weighted by atomic mass is 9.99. The van der Waals surface area contributed by atoms with Crippen LogP contribution in [-0.4, -0.2) is 18.4 Å². The molecule has 1 rings (SSSR count). The number of aliphatic hydroxyl groups excluding tert-OH is 1. The number of hydrogen-bond donors (Lipinski definition) is 1. The third-order valence-corrected chi connectivity index (χ3v) is 2.25. The Kier molecular flexibility index (Phi) is 2.46. The molecule has 2 atom stereocenters. The van der Waals surface area contributed by atoms with E-state index in [0.29, 0.717) is 0 Å². The maximum absolute atomic E-state index is 12.0. The van der Waals surface area contributed by atoms with Gasteiger partial charge in [0, 0.05) is 6.61 Å². The summed E-state index contributed by atoms with van der Waals surface area (Å²) in [4.78, 5) is 0. The van der Waals surface area contributed by atoms with Gasteiger partial charge in [-0.15, -0.1) is 0 Å². The van der Waals surface area contributed by atoms with E-state index in [1.807, 2.05) is 0 Å². The van der Waals surface area contributed by atoms with Gasteiger partial charge in [0.1, 0.15) is 0 Å². The molecule has 9 heavy (non-hydrogen) atoms. The zero-order chi connectivity index (χ0) is 6.69. The smallest absolute Gasteiger partial charge is 0.0926 e. The van der Waals surface area contributed by atoms with Crippen LogP contribution in [0, 0.1) is 11.8 Å². The molecule has 0 unspecified atom stereocenters. The van der Waals surface area contributed by atoms with Gasteiger partial charge in [0.25, 0.3) is 0 Å². The van der Waals surface area contributed by atoms with Gasteiger partial charge < -0.3 is 5.11 Å². The fourth-order valence-electron chi connectivity index (χ4n) is 1.56. The van der Waals surface area contributed by atoms with E-state index in [-0.39, 0.29) is 25.1 Å². The molecule has 0 radical (unpaired) electrons. The van der Waals surface area contributed by atoms with Crippen molar-refractivity contribution in [2.45, 2.75) is 19.3 Å². The number of alkyl halides is 1. The summed E-state index contributed by atoms with van der Waals surface area (Å²) >= 11 is 0. The number of rotatable bonds is 2. The minimum atomic E-state index is -0.245. The highest BCUT2D eigenvalue weighted by molar-refractivity contribution is 4.75. The van der Waals surface area contributed by atoms with Crippen molar-refractivity contribution in [3.63, 3.8) is 0 Å². The molecule has 1 fully saturated rings. The standard InChI is InChI=1S/C7H13FO/c8-4-6-2-1-3-7(6)5-9/h6-7,9H,1-5H2/t6-,7-/m0/s1. The SMILES string of the molecule is OC[C@@H]1CCC[C@H]1CF. The van der Waals surface area contributed by atoms with Crippen molar-refractivity contribution in [2.24, 2.45) is 11.8 Å². The van der Waals surface area contributed by atoms with Crippen molar-refractivity contribution in [2.75, 3.05) is 13.3 Å². The predicted octanol–water partition coefficient (Wildman–Crippen LogP) is 1.36. The minimum Gasteiger partial charge on any atom is -0.396 e. The largest absolute Gasteiger partial charge is 0.396 e. The molecule has 0 saturated heterocycles. The first-order chi connectivity index (χ1) is 4.38. The van der Waals surface area contributed by atoms with Crippen molar-refractivity contribution in [1.29, 1.82) is 0 Å². The van der Waals surface area contributed by atoms with Crippen LogP contribution >= 0.6 is 0 Å². The van der Waals surface area contributed by atoms with Gasteiger partial charge in [-0.25, -0.2) is 0 Å². The van der Waals surface area contributed by atoms with E-state index in [9.17, 15) is 4.39 Å². The lowest BCUT2D eigenvalue weighted by Crippen LogP contribution is -2.13. The summed E-state index contributed by atoms with van der Waals surface area (Å²) in [5.74, 6) is 0.421. The van der Waals surface area contributed by atoms with Gasteiger partial charge in [0.05, 0.1) is 6.67 Å². The maximum atomic E-state index is 12.0. The normalized spacial score (nSPS) is 35.3. The fraction of sp³-hybridized carbons (Fsp3) is 1.00. The summed E-state index contributed by atoms with van der Waals surface area (Å²) in [5.41, 5.74) is 0. The highest BCUT2D eigenvalue weighted by atomic mass is 19.1. The molecule has 1 aliphatic rings. The molecule has 0 spiro atoms. The molecule has 0 amide bonds. The molecule has 1 nitrogen and oxygen atoms in total. The van der Waals surface area contributed by atoms with Crippen LogP contribution in [0.5, 0.6) is 0 Å². The fourth-order valence-corrected chi connectivity index (χ4v) is 1.56. The monoisotopic (exact) mass is 132 g/mol. The van der Waals surface area contributed by atoms with E-state index in [1.165, 1.54) is 0 Å². The number of hydrogen-bond acceptors (Lipinski definition) is 1. The Balaban J connectivity index is 2.32. The first kappa shape index (κ1) is 7.00. The molecule has 1 saturated carbocycles. The van der Waals surface area contributed by atoms with Crippen molar-refractivity contribution >= 4 is 0 Å². The Hall–Kier alpha value is -0.110. The van der Waals surface area contributed by atoms with Crippen LogP contribution in [0.15, 0.2) is 0 Å². The molecule has 1 N–H and O–H groups in total. The molecular weight excluding hydrogens is 119 g/mol. The molecule has 0 heterocycles. The molecule has 0 aliphatic heterocycles. The molecule has 1 aliphatic carbocycles. The third-order valence-electron chi connectivity index (χ3n) is 2.25. The Labute approximate surface area is 54.9 Å². The molecular formula is C7H13FO. The Bertz CT molecular complexity index is 75.0. The van der Waals surface area contributed by atoms with Crippen LogP contribution in [0.4, 0.5) is 4.39 Å². The van der Waals surface area contributed by atoms with Gasteiger partial charge in [-0.1, -0.05) is 6.42 Å². The summed E-state index contributed by atoms with van der Waals surface area (Å²) in [5, 5.41) is 8.70. The highest BCUT2D eigenvalue weighted by Gasteiger charge is 2.25. The van der Waals surface area contributed by atoms with E-state index >= 15 is 0 Å². The van der Waals surface area contributed by atoms with E-state index < -0.39 is 0 Å². The lowest BCUT2D eigenvalue weighted by molar-refractivity contribution is 0.176. The van der Waals surface area contributed by atoms with Crippen LogP contribution in [0.3, 0.4) is 0 Å².